The first-order valence-electron chi connectivity index (χ1n) is 12.8. The molecule has 0 heterocycles. The van der Waals surface area contributed by atoms with E-state index in [1.54, 1.807) is 6.08 Å². The number of hydrogen-bond acceptors (Lipinski definition) is 6. The smallest absolute Gasteiger partial charge is 0.268 e. The minimum Gasteiger partial charge on any atom is -0.756 e. The van der Waals surface area contributed by atoms with Gasteiger partial charge in [-0.3, -0.25) is 9.36 Å². The first-order valence-corrected chi connectivity index (χ1v) is 14.3. The summed E-state index contributed by atoms with van der Waals surface area (Å²) in [5, 5.41) is 12.9. The largest absolute Gasteiger partial charge is 0.756 e. The molecule has 0 fully saturated rings. The molecule has 0 aromatic heterocycles. The van der Waals surface area contributed by atoms with Crippen LogP contribution in [0, 0.1) is 0 Å². The van der Waals surface area contributed by atoms with Crippen LogP contribution < -0.4 is 10.2 Å². The van der Waals surface area contributed by atoms with E-state index in [1.165, 1.54) is 32.6 Å². The van der Waals surface area contributed by atoms with Gasteiger partial charge in [0.1, 0.15) is 13.2 Å². The number of phosphoric acid groups is 1. The Balaban J connectivity index is 4.29. The van der Waals surface area contributed by atoms with Gasteiger partial charge in [-0.25, -0.2) is 0 Å². The minimum absolute atomic E-state index is 0.0135. The van der Waals surface area contributed by atoms with E-state index < -0.39 is 32.5 Å². The molecule has 0 saturated carbocycles. The lowest BCUT2D eigenvalue weighted by Gasteiger charge is -2.29. The van der Waals surface area contributed by atoms with E-state index in [0.29, 0.717) is 11.0 Å². The molecule has 0 aliphatic heterocycles. The number of carbonyl (C=O) groups is 1. The van der Waals surface area contributed by atoms with Crippen LogP contribution in [-0.2, 0) is 18.4 Å². The van der Waals surface area contributed by atoms with E-state index in [-0.39, 0.29) is 6.61 Å². The first kappa shape index (κ1) is 33.7. The summed E-state index contributed by atoms with van der Waals surface area (Å²) < 4.78 is 22.3. The van der Waals surface area contributed by atoms with E-state index >= 15 is 0 Å². The number of nitrogens with zero attached hydrogens (tertiary/aromatic N) is 1. The van der Waals surface area contributed by atoms with E-state index in [9.17, 15) is 19.4 Å². The molecule has 2 N–H and O–H groups in total. The summed E-state index contributed by atoms with van der Waals surface area (Å²) >= 11 is 0. The van der Waals surface area contributed by atoms with Gasteiger partial charge in [-0.1, -0.05) is 62.6 Å². The molecule has 204 valence electrons. The summed E-state index contributed by atoms with van der Waals surface area (Å²) in [6.45, 7) is 3.58. The van der Waals surface area contributed by atoms with Gasteiger partial charge >= 0.3 is 0 Å². The molecule has 0 aromatic rings. The van der Waals surface area contributed by atoms with Crippen molar-refractivity contribution in [3.05, 3.63) is 36.5 Å². The van der Waals surface area contributed by atoms with Gasteiger partial charge < -0.3 is 28.8 Å². The predicted octanol–water partition coefficient (Wildman–Crippen LogP) is 4.26. The van der Waals surface area contributed by atoms with E-state index in [2.05, 4.69) is 36.5 Å². The summed E-state index contributed by atoms with van der Waals surface area (Å²) in [4.78, 5) is 23.4. The van der Waals surface area contributed by atoms with Crippen LogP contribution in [0.1, 0.15) is 71.6 Å². The van der Waals surface area contributed by atoms with Gasteiger partial charge in [0.2, 0.25) is 5.91 Å². The number of unbranched alkanes of at least 4 members (excludes halogenated alkanes) is 6. The summed E-state index contributed by atoms with van der Waals surface area (Å²) in [5.41, 5.74) is 0. The zero-order valence-corrected chi connectivity index (χ0v) is 23.4. The highest BCUT2D eigenvalue weighted by Gasteiger charge is 2.22. The van der Waals surface area contributed by atoms with Gasteiger partial charge in [0, 0.05) is 6.92 Å². The van der Waals surface area contributed by atoms with Crippen molar-refractivity contribution in [3.63, 3.8) is 0 Å². The molecule has 35 heavy (non-hydrogen) atoms. The van der Waals surface area contributed by atoms with Gasteiger partial charge in [0.15, 0.2) is 0 Å². The molecule has 0 bridgehead atoms. The van der Waals surface area contributed by atoms with Crippen molar-refractivity contribution in [2.75, 3.05) is 40.9 Å². The number of aliphatic hydroxyl groups is 1. The van der Waals surface area contributed by atoms with Crippen LogP contribution >= 0.6 is 7.82 Å². The van der Waals surface area contributed by atoms with Crippen molar-refractivity contribution in [1.29, 1.82) is 0 Å². The van der Waals surface area contributed by atoms with Crippen molar-refractivity contribution >= 4 is 13.7 Å². The monoisotopic (exact) mass is 516 g/mol. The number of aliphatic hydroxyl groups excluding tert-OH is 1. The van der Waals surface area contributed by atoms with E-state index in [0.717, 1.165) is 32.1 Å². The summed E-state index contributed by atoms with van der Waals surface area (Å²) in [6, 6.07) is -0.905. The zero-order valence-electron chi connectivity index (χ0n) is 22.5. The Morgan fingerprint density at radius 3 is 2.09 bits per heavy atom. The highest BCUT2D eigenvalue weighted by Crippen LogP contribution is 2.38. The highest BCUT2D eigenvalue weighted by atomic mass is 31.2. The molecule has 0 aliphatic carbocycles. The Labute approximate surface area is 213 Å². The maximum absolute atomic E-state index is 12.0. The van der Waals surface area contributed by atoms with Gasteiger partial charge in [-0.2, -0.15) is 0 Å². The number of allylic oxidation sites excluding steroid dienone is 5. The average Bonchev–Trinajstić information content (AvgIpc) is 2.75. The number of rotatable bonds is 21. The van der Waals surface area contributed by atoms with Crippen LogP contribution in [0.25, 0.3) is 0 Å². The number of carbonyl (C=O) groups excluding carboxylic acids is 1. The molecule has 3 atom stereocenters. The zero-order chi connectivity index (χ0) is 26.6. The first-order chi connectivity index (χ1) is 16.5. The van der Waals surface area contributed by atoms with Crippen molar-refractivity contribution in [3.8, 4) is 0 Å². The molecule has 3 unspecified atom stereocenters. The molecule has 1 amide bonds. The third-order valence-electron chi connectivity index (χ3n) is 5.12. The molecule has 0 saturated heterocycles. The Hall–Kier alpha value is -1.28. The highest BCUT2D eigenvalue weighted by molar-refractivity contribution is 7.45. The van der Waals surface area contributed by atoms with Crippen molar-refractivity contribution in [2.24, 2.45) is 0 Å². The van der Waals surface area contributed by atoms with Crippen LogP contribution in [0.5, 0.6) is 0 Å². The molecule has 9 heteroatoms. The van der Waals surface area contributed by atoms with Gasteiger partial charge in [-0.05, 0) is 38.5 Å². The van der Waals surface area contributed by atoms with Gasteiger partial charge in [-0.15, -0.1) is 0 Å². The van der Waals surface area contributed by atoms with Crippen LogP contribution in [0.2, 0.25) is 0 Å². The van der Waals surface area contributed by atoms with Crippen molar-refractivity contribution < 1.29 is 32.9 Å². The summed E-state index contributed by atoms with van der Waals surface area (Å²) in [6.07, 6.45) is 21.0. The number of hydrogen-bond donors (Lipinski definition) is 2. The van der Waals surface area contributed by atoms with E-state index in [4.69, 9.17) is 9.05 Å². The van der Waals surface area contributed by atoms with Crippen molar-refractivity contribution in [1.82, 2.24) is 5.32 Å². The summed E-state index contributed by atoms with van der Waals surface area (Å²) in [7, 11) is 1.21. The Morgan fingerprint density at radius 1 is 0.971 bits per heavy atom. The molecule has 0 radical (unpaired) electrons. The van der Waals surface area contributed by atoms with Crippen LogP contribution in [0.4, 0.5) is 0 Å². The van der Waals surface area contributed by atoms with E-state index in [1.807, 2.05) is 27.2 Å². The topological polar surface area (TPSA) is 108 Å². The predicted molar refractivity (Wildman–Crippen MR) is 141 cm³/mol. The number of likely N-dealkylation sites (N-methyl/N-ethyl adjacent to an activating group) is 1. The number of nitrogens with one attached hydrogen (secondary N) is 1. The van der Waals surface area contributed by atoms with Crippen LogP contribution in [0.3, 0.4) is 0 Å². The lowest BCUT2D eigenvalue weighted by atomic mass is 10.1. The maximum atomic E-state index is 12.0. The Kier molecular flexibility index (Phi) is 19.1. The SMILES string of the molecule is CCCCCC/C=C/CC/C=C/CC/C=C/C(O)C(COP(=O)([O-])OCC[N+](C)(C)C)NC(C)=O. The fourth-order valence-electron chi connectivity index (χ4n) is 3.04. The number of amides is 1. The second-order valence-corrected chi connectivity index (χ2v) is 11.2. The maximum Gasteiger partial charge on any atom is 0.268 e. The normalized spacial score (nSPS) is 16.2. The fourth-order valence-corrected chi connectivity index (χ4v) is 3.76. The standard InChI is InChI=1S/C26H49N2O6P/c1-6-7-8-9-10-11-12-13-14-15-16-17-18-19-20-26(30)25(27-24(2)29)23-34-35(31,32)33-22-21-28(3,4)5/h11-12,15-16,19-20,25-26,30H,6-10,13-14,17-18,21-23H2,1-5H3,(H-,27,29,31,32)/b12-11+,16-15+,20-19+. The lowest BCUT2D eigenvalue weighted by Crippen LogP contribution is -2.45. The second-order valence-electron chi connectivity index (χ2n) is 9.76. The third-order valence-corrected chi connectivity index (χ3v) is 6.08. The van der Waals surface area contributed by atoms with Gasteiger partial charge in [0.05, 0.1) is 39.9 Å². The summed E-state index contributed by atoms with van der Waals surface area (Å²) in [5.74, 6) is -0.393. The number of quaternary nitrogens is 1. The van der Waals surface area contributed by atoms with Crippen molar-refractivity contribution in [2.45, 2.75) is 83.8 Å². The van der Waals surface area contributed by atoms with Crippen LogP contribution in [0.15, 0.2) is 36.5 Å². The fraction of sp³-hybridized carbons (Fsp3) is 0.731. The molecule has 8 nitrogen and oxygen atoms in total. The third kappa shape index (κ3) is 22.9. The second kappa shape index (κ2) is 19.9. The molecule has 0 aromatic carbocycles. The molecule has 0 aliphatic rings. The Bertz CT molecular complexity index is 688. The molecular weight excluding hydrogens is 467 g/mol. The Morgan fingerprint density at radius 2 is 1.54 bits per heavy atom. The quantitative estimate of drug-likeness (QED) is 0.102. The number of phosphoric ester groups is 1. The molecule has 0 spiro atoms. The van der Waals surface area contributed by atoms with Crippen LogP contribution in [-0.4, -0.2) is 68.5 Å². The van der Waals surface area contributed by atoms with Gasteiger partial charge in [0.25, 0.3) is 7.82 Å². The molecule has 0 rings (SSSR count). The lowest BCUT2D eigenvalue weighted by molar-refractivity contribution is -0.870. The minimum atomic E-state index is -4.54. The average molecular weight is 517 g/mol. The molecular formula is C26H49N2O6P.